The number of nitrogens with one attached hydrogen (secondary N) is 2. The van der Waals surface area contributed by atoms with Gasteiger partial charge in [0.05, 0.1) is 36.8 Å². The quantitative estimate of drug-likeness (QED) is 0.629. The van der Waals surface area contributed by atoms with Crippen molar-refractivity contribution in [2.75, 3.05) is 23.7 Å². The number of hydrogen-bond acceptors (Lipinski definition) is 5. The number of alkyl halides is 2. The van der Waals surface area contributed by atoms with Gasteiger partial charge in [0.2, 0.25) is 5.78 Å². The van der Waals surface area contributed by atoms with Crippen LogP contribution in [0.15, 0.2) is 36.8 Å². The fourth-order valence-electron chi connectivity index (χ4n) is 3.10. The fourth-order valence-corrected chi connectivity index (χ4v) is 3.10. The van der Waals surface area contributed by atoms with E-state index >= 15 is 0 Å². The lowest BCUT2D eigenvalue weighted by molar-refractivity contribution is -0.107. The molecule has 0 aliphatic carbocycles. The minimum Gasteiger partial charge on any atom is -0.447 e. The van der Waals surface area contributed by atoms with Crippen LogP contribution in [0.5, 0.6) is 0 Å². The summed E-state index contributed by atoms with van der Waals surface area (Å²) in [5.41, 5.74) is 0.879. The number of nitrogens with zero attached hydrogens (tertiary/aromatic N) is 4. The molecular weight excluding hydrogens is 429 g/mol. The molecule has 4 rings (SSSR count). The van der Waals surface area contributed by atoms with Crippen LogP contribution < -0.4 is 10.6 Å². The van der Waals surface area contributed by atoms with Crippen LogP contribution in [-0.2, 0) is 4.74 Å². The van der Waals surface area contributed by atoms with Gasteiger partial charge < -0.3 is 15.0 Å². The molecule has 1 aliphatic rings. The Labute approximate surface area is 180 Å². The minimum absolute atomic E-state index is 0.0796. The van der Waals surface area contributed by atoms with Crippen LogP contribution in [0.1, 0.15) is 13.8 Å². The van der Waals surface area contributed by atoms with Crippen molar-refractivity contribution in [3.63, 3.8) is 0 Å². The minimum atomic E-state index is -2.88. The summed E-state index contributed by atoms with van der Waals surface area (Å²) in [5.74, 6) is -3.23. The Morgan fingerprint density at radius 3 is 2.59 bits per heavy atom. The molecule has 2 aromatic heterocycles. The number of amides is 3. The number of hydrogen-bond donors (Lipinski definition) is 2. The van der Waals surface area contributed by atoms with E-state index < -0.39 is 37.0 Å². The van der Waals surface area contributed by atoms with Gasteiger partial charge in [-0.15, -0.1) is 0 Å². The number of aromatic nitrogens is 3. The number of rotatable bonds is 4. The van der Waals surface area contributed by atoms with Crippen LogP contribution >= 0.6 is 0 Å². The molecule has 32 heavy (non-hydrogen) atoms. The van der Waals surface area contributed by atoms with E-state index in [0.29, 0.717) is 5.69 Å². The first-order chi connectivity index (χ1) is 15.1. The number of ether oxygens (including phenoxy) is 1. The Morgan fingerprint density at radius 1 is 1.16 bits per heavy atom. The maximum Gasteiger partial charge on any atom is 0.411 e. The maximum atomic E-state index is 14.5. The van der Waals surface area contributed by atoms with E-state index in [1.54, 1.807) is 13.8 Å². The number of carbonyl (C=O) groups excluding carboxylic acids is 2. The molecule has 168 valence electrons. The first-order valence-corrected chi connectivity index (χ1v) is 9.66. The molecule has 3 amide bonds. The van der Waals surface area contributed by atoms with Gasteiger partial charge in [0, 0.05) is 23.6 Å². The molecule has 0 radical (unpaired) electrons. The van der Waals surface area contributed by atoms with Gasteiger partial charge in [-0.25, -0.2) is 32.7 Å². The van der Waals surface area contributed by atoms with E-state index in [9.17, 15) is 22.8 Å². The van der Waals surface area contributed by atoms with Crippen molar-refractivity contribution in [3.8, 4) is 11.3 Å². The Hall–Kier alpha value is -3.83. The van der Waals surface area contributed by atoms with Gasteiger partial charge in [-0.3, -0.25) is 9.72 Å². The molecule has 0 unspecified atom stereocenters. The zero-order valence-electron chi connectivity index (χ0n) is 17.1. The van der Waals surface area contributed by atoms with Crippen LogP contribution in [0.2, 0.25) is 0 Å². The average molecular weight is 448 g/mol. The van der Waals surface area contributed by atoms with E-state index in [0.717, 1.165) is 11.0 Å². The lowest BCUT2D eigenvalue weighted by Crippen LogP contribution is -2.59. The first kappa shape index (κ1) is 21.4. The second-order valence-corrected chi connectivity index (χ2v) is 7.59. The smallest absolute Gasteiger partial charge is 0.411 e. The Kier molecular flexibility index (Phi) is 5.36. The molecule has 0 saturated carbocycles. The summed E-state index contributed by atoms with van der Waals surface area (Å²) in [4.78, 5) is 33.2. The van der Waals surface area contributed by atoms with Gasteiger partial charge >= 0.3 is 12.1 Å². The van der Waals surface area contributed by atoms with Crippen molar-refractivity contribution >= 4 is 29.3 Å². The highest BCUT2D eigenvalue weighted by atomic mass is 19.3. The Balaban J connectivity index is 1.53. The van der Waals surface area contributed by atoms with Crippen LogP contribution in [0.4, 0.5) is 34.1 Å². The molecule has 0 bridgehead atoms. The highest BCUT2D eigenvalue weighted by molar-refractivity contribution is 5.91. The van der Waals surface area contributed by atoms with Crippen molar-refractivity contribution in [2.24, 2.45) is 0 Å². The van der Waals surface area contributed by atoms with Crippen LogP contribution in [0.25, 0.3) is 17.0 Å². The van der Waals surface area contributed by atoms with Crippen molar-refractivity contribution in [1.29, 1.82) is 0 Å². The number of imidazole rings is 1. The molecule has 3 heterocycles. The largest absolute Gasteiger partial charge is 0.447 e. The highest BCUT2D eigenvalue weighted by Gasteiger charge is 2.46. The monoisotopic (exact) mass is 448 g/mol. The number of benzene rings is 1. The number of likely N-dealkylation sites (tertiary alicyclic amines) is 1. The third kappa shape index (κ3) is 4.58. The lowest BCUT2D eigenvalue weighted by atomic mass is 10.1. The van der Waals surface area contributed by atoms with Gasteiger partial charge in [-0.2, -0.15) is 0 Å². The summed E-state index contributed by atoms with van der Waals surface area (Å²) in [6.45, 7) is 2.11. The van der Waals surface area contributed by atoms with Crippen LogP contribution in [0, 0.1) is 5.82 Å². The Morgan fingerprint density at radius 2 is 1.91 bits per heavy atom. The normalized spacial score (nSPS) is 14.9. The molecule has 12 heteroatoms. The third-order valence-corrected chi connectivity index (χ3v) is 4.52. The zero-order valence-corrected chi connectivity index (χ0v) is 17.1. The molecule has 2 N–H and O–H groups in total. The van der Waals surface area contributed by atoms with E-state index in [4.69, 9.17) is 4.74 Å². The van der Waals surface area contributed by atoms with Gasteiger partial charge in [0.25, 0.3) is 5.92 Å². The topological polar surface area (TPSA) is 101 Å². The molecule has 3 aromatic rings. The number of urea groups is 1. The molecule has 0 spiro atoms. The van der Waals surface area contributed by atoms with Crippen LogP contribution in [0.3, 0.4) is 0 Å². The number of fused-ring (bicyclic) bond motifs is 1. The van der Waals surface area contributed by atoms with Crippen molar-refractivity contribution in [2.45, 2.75) is 25.9 Å². The van der Waals surface area contributed by atoms with E-state index in [-0.39, 0.29) is 28.8 Å². The van der Waals surface area contributed by atoms with Crippen LogP contribution in [-0.4, -0.2) is 56.5 Å². The zero-order chi connectivity index (χ0) is 23.0. The highest BCUT2D eigenvalue weighted by Crippen LogP contribution is 2.29. The molecular formula is C20H19F3N6O3. The van der Waals surface area contributed by atoms with Gasteiger partial charge in [-0.05, 0) is 32.0 Å². The number of anilines is 2. The molecule has 9 nitrogen and oxygen atoms in total. The van der Waals surface area contributed by atoms with Gasteiger partial charge in [-0.1, -0.05) is 0 Å². The number of carbonyl (C=O) groups is 2. The first-order valence-electron chi connectivity index (χ1n) is 9.66. The summed E-state index contributed by atoms with van der Waals surface area (Å²) in [6, 6.07) is 3.12. The number of halogens is 3. The van der Waals surface area contributed by atoms with E-state index in [1.807, 2.05) is 0 Å². The summed E-state index contributed by atoms with van der Waals surface area (Å²) < 4.78 is 46.9. The van der Waals surface area contributed by atoms with Crippen molar-refractivity contribution in [3.05, 3.63) is 42.6 Å². The van der Waals surface area contributed by atoms with E-state index in [1.165, 1.54) is 35.1 Å². The Bertz CT molecular complexity index is 1190. The molecule has 1 aromatic carbocycles. The van der Waals surface area contributed by atoms with E-state index in [2.05, 4.69) is 20.6 Å². The van der Waals surface area contributed by atoms with Crippen molar-refractivity contribution < 1.29 is 27.5 Å². The average Bonchev–Trinajstić information content (AvgIpc) is 3.09. The maximum absolute atomic E-state index is 14.5. The summed E-state index contributed by atoms with van der Waals surface area (Å²) in [7, 11) is 0. The van der Waals surface area contributed by atoms with Gasteiger partial charge in [0.15, 0.2) is 0 Å². The third-order valence-electron chi connectivity index (χ3n) is 4.52. The second kappa shape index (κ2) is 8.02. The summed E-state index contributed by atoms with van der Waals surface area (Å²) >= 11 is 0. The SMILES string of the molecule is CC(C)OC(=O)Nc1cnc2nc(-c3cc(NC(=O)N4CC(F)(F)C4)ccc3F)cn2c1. The van der Waals surface area contributed by atoms with Gasteiger partial charge in [0.1, 0.15) is 5.82 Å². The summed E-state index contributed by atoms with van der Waals surface area (Å²) in [6.07, 6.45) is 3.48. The predicted molar refractivity (Wildman–Crippen MR) is 109 cm³/mol. The summed E-state index contributed by atoms with van der Waals surface area (Å²) in [5, 5.41) is 5.01. The van der Waals surface area contributed by atoms with Crippen molar-refractivity contribution in [1.82, 2.24) is 19.3 Å². The molecule has 0 atom stereocenters. The fraction of sp³-hybridized carbons (Fsp3) is 0.300. The standard InChI is InChI=1S/C20H19F3N6O3/c1-11(2)32-19(31)26-13-6-24-17-27-16(8-28(17)7-13)14-5-12(3-4-15(14)21)25-18(30)29-9-20(22,23)10-29/h3-8,11H,9-10H2,1-2H3,(H,25,30)(H,26,31). The molecule has 1 aliphatic heterocycles. The lowest BCUT2D eigenvalue weighted by Gasteiger charge is -2.38. The second-order valence-electron chi connectivity index (χ2n) is 7.59. The molecule has 1 saturated heterocycles. The predicted octanol–water partition coefficient (Wildman–Crippen LogP) is 3.98. The molecule has 1 fully saturated rings.